The number of nitrogens with zero attached hydrogens (tertiary/aromatic N) is 6. The molecule has 0 fully saturated rings. The Balaban J connectivity index is 1.75. The Bertz CT molecular complexity index is 987. The molecule has 0 aliphatic carbocycles. The van der Waals surface area contributed by atoms with Crippen molar-refractivity contribution >= 4 is 11.5 Å². The summed E-state index contributed by atoms with van der Waals surface area (Å²) in [5.74, 6) is 1.76. The standard InChI is InChI=1S/C18H19N7/c1-3-24-12-19-23-18(24)13(2)21-17-11-15(14-7-5-4-6-8-14)22-16-9-10-20-25(16)17/h4-13,21H,3H2,1-2H3/t13-/m1/s1. The summed E-state index contributed by atoms with van der Waals surface area (Å²) in [5, 5.41) is 16.1. The molecular weight excluding hydrogens is 314 g/mol. The molecule has 7 heteroatoms. The summed E-state index contributed by atoms with van der Waals surface area (Å²) in [6.07, 6.45) is 3.50. The number of hydrogen-bond acceptors (Lipinski definition) is 5. The quantitative estimate of drug-likeness (QED) is 0.607. The van der Waals surface area contributed by atoms with Gasteiger partial charge >= 0.3 is 0 Å². The van der Waals surface area contributed by atoms with Gasteiger partial charge in [-0.2, -0.15) is 9.61 Å². The second kappa shape index (κ2) is 6.35. The number of fused-ring (bicyclic) bond motifs is 1. The molecule has 0 amide bonds. The molecule has 3 aromatic heterocycles. The van der Waals surface area contributed by atoms with Crippen molar-refractivity contribution in [2.45, 2.75) is 26.4 Å². The van der Waals surface area contributed by atoms with Gasteiger partial charge in [0.1, 0.15) is 12.1 Å². The Morgan fingerprint density at radius 3 is 2.80 bits per heavy atom. The van der Waals surface area contributed by atoms with E-state index in [1.807, 2.05) is 34.9 Å². The van der Waals surface area contributed by atoms with Crippen LogP contribution in [-0.4, -0.2) is 29.4 Å². The molecule has 0 aliphatic rings. The van der Waals surface area contributed by atoms with Crippen LogP contribution in [0.25, 0.3) is 16.9 Å². The molecule has 1 atom stereocenters. The van der Waals surface area contributed by atoms with Crippen LogP contribution in [0.2, 0.25) is 0 Å². The van der Waals surface area contributed by atoms with Gasteiger partial charge in [0.25, 0.3) is 0 Å². The first-order valence-corrected chi connectivity index (χ1v) is 8.30. The Labute approximate surface area is 145 Å². The summed E-state index contributed by atoms with van der Waals surface area (Å²) >= 11 is 0. The Morgan fingerprint density at radius 2 is 2.00 bits per heavy atom. The topological polar surface area (TPSA) is 72.9 Å². The Morgan fingerprint density at radius 1 is 1.16 bits per heavy atom. The van der Waals surface area contributed by atoms with Gasteiger partial charge in [-0.05, 0) is 13.8 Å². The van der Waals surface area contributed by atoms with Crippen LogP contribution in [0.3, 0.4) is 0 Å². The summed E-state index contributed by atoms with van der Waals surface area (Å²) in [7, 11) is 0. The summed E-state index contributed by atoms with van der Waals surface area (Å²) < 4.78 is 3.83. The van der Waals surface area contributed by atoms with Crippen molar-refractivity contribution in [3.05, 3.63) is 60.8 Å². The van der Waals surface area contributed by atoms with Gasteiger partial charge in [0.2, 0.25) is 0 Å². The monoisotopic (exact) mass is 333 g/mol. The van der Waals surface area contributed by atoms with E-state index in [2.05, 4.69) is 46.6 Å². The highest BCUT2D eigenvalue weighted by Crippen LogP contribution is 2.24. The van der Waals surface area contributed by atoms with Crippen LogP contribution >= 0.6 is 0 Å². The minimum absolute atomic E-state index is 0.0131. The van der Waals surface area contributed by atoms with Crippen molar-refractivity contribution in [2.75, 3.05) is 5.32 Å². The molecule has 0 radical (unpaired) electrons. The molecule has 25 heavy (non-hydrogen) atoms. The molecule has 0 saturated heterocycles. The fourth-order valence-electron chi connectivity index (χ4n) is 2.90. The van der Waals surface area contributed by atoms with E-state index in [1.165, 1.54) is 0 Å². The lowest BCUT2D eigenvalue weighted by Gasteiger charge is -2.17. The van der Waals surface area contributed by atoms with Gasteiger partial charge in [-0.1, -0.05) is 30.3 Å². The second-order valence-corrected chi connectivity index (χ2v) is 5.84. The van der Waals surface area contributed by atoms with Crippen molar-refractivity contribution in [3.63, 3.8) is 0 Å². The maximum absolute atomic E-state index is 4.70. The van der Waals surface area contributed by atoms with Gasteiger partial charge in [0.15, 0.2) is 11.5 Å². The zero-order chi connectivity index (χ0) is 17.2. The van der Waals surface area contributed by atoms with Crippen LogP contribution in [0, 0.1) is 0 Å². The molecule has 0 aliphatic heterocycles. The van der Waals surface area contributed by atoms with E-state index in [0.717, 1.165) is 35.1 Å². The number of aryl methyl sites for hydroxylation is 1. The number of benzene rings is 1. The molecule has 0 unspecified atom stereocenters. The fourth-order valence-corrected chi connectivity index (χ4v) is 2.90. The first-order valence-electron chi connectivity index (χ1n) is 8.30. The highest BCUT2D eigenvalue weighted by atomic mass is 15.3. The van der Waals surface area contributed by atoms with Crippen LogP contribution in [0.1, 0.15) is 25.7 Å². The van der Waals surface area contributed by atoms with Gasteiger partial charge in [-0.3, -0.25) is 0 Å². The molecule has 3 heterocycles. The lowest BCUT2D eigenvalue weighted by atomic mass is 10.1. The minimum atomic E-state index is -0.0131. The molecule has 0 bridgehead atoms. The van der Waals surface area contributed by atoms with Gasteiger partial charge in [-0.15, -0.1) is 10.2 Å². The maximum atomic E-state index is 4.70. The lowest BCUT2D eigenvalue weighted by Crippen LogP contribution is -2.15. The SMILES string of the molecule is CCn1cnnc1[C@@H](C)Nc1cc(-c2ccccc2)nc2ccnn12. The third kappa shape index (κ3) is 2.84. The van der Waals surface area contributed by atoms with Crippen molar-refractivity contribution in [1.82, 2.24) is 29.4 Å². The van der Waals surface area contributed by atoms with Crippen LogP contribution in [0.5, 0.6) is 0 Å². The van der Waals surface area contributed by atoms with Crippen molar-refractivity contribution in [3.8, 4) is 11.3 Å². The molecule has 1 aromatic carbocycles. The van der Waals surface area contributed by atoms with E-state index in [1.54, 1.807) is 17.0 Å². The van der Waals surface area contributed by atoms with E-state index < -0.39 is 0 Å². The lowest BCUT2D eigenvalue weighted by molar-refractivity contribution is 0.655. The van der Waals surface area contributed by atoms with Crippen LogP contribution in [-0.2, 0) is 6.54 Å². The average Bonchev–Trinajstić information content (AvgIpc) is 3.31. The molecule has 7 nitrogen and oxygen atoms in total. The first-order chi connectivity index (χ1) is 12.3. The third-order valence-electron chi connectivity index (χ3n) is 4.17. The van der Waals surface area contributed by atoms with E-state index in [0.29, 0.717) is 0 Å². The predicted octanol–water partition coefficient (Wildman–Crippen LogP) is 3.18. The fraction of sp³-hybridized carbons (Fsp3) is 0.222. The Kier molecular flexibility index (Phi) is 3.89. The van der Waals surface area contributed by atoms with Crippen LogP contribution in [0.4, 0.5) is 5.82 Å². The maximum Gasteiger partial charge on any atom is 0.157 e. The predicted molar refractivity (Wildman–Crippen MR) is 96.2 cm³/mol. The van der Waals surface area contributed by atoms with E-state index in [-0.39, 0.29) is 6.04 Å². The molecule has 4 rings (SSSR count). The molecular formula is C18H19N7. The zero-order valence-electron chi connectivity index (χ0n) is 14.2. The zero-order valence-corrected chi connectivity index (χ0v) is 14.2. The van der Waals surface area contributed by atoms with Crippen molar-refractivity contribution < 1.29 is 0 Å². The van der Waals surface area contributed by atoms with Gasteiger partial charge in [0, 0.05) is 24.2 Å². The first kappa shape index (κ1) is 15.3. The van der Waals surface area contributed by atoms with Crippen LogP contribution < -0.4 is 5.32 Å². The Hall–Kier alpha value is -3.22. The number of nitrogens with one attached hydrogen (secondary N) is 1. The molecule has 1 N–H and O–H groups in total. The minimum Gasteiger partial charge on any atom is -0.360 e. The van der Waals surface area contributed by atoms with Gasteiger partial charge in [-0.25, -0.2) is 4.98 Å². The van der Waals surface area contributed by atoms with E-state index in [9.17, 15) is 0 Å². The highest BCUT2D eigenvalue weighted by molar-refractivity contribution is 5.66. The highest BCUT2D eigenvalue weighted by Gasteiger charge is 2.15. The summed E-state index contributed by atoms with van der Waals surface area (Å²) in [6, 6.07) is 14.0. The molecule has 126 valence electrons. The summed E-state index contributed by atoms with van der Waals surface area (Å²) in [4.78, 5) is 4.70. The number of aromatic nitrogens is 6. The van der Waals surface area contributed by atoms with E-state index >= 15 is 0 Å². The molecule has 4 aromatic rings. The van der Waals surface area contributed by atoms with Crippen LogP contribution in [0.15, 0.2) is 55.0 Å². The van der Waals surface area contributed by atoms with Crippen molar-refractivity contribution in [2.24, 2.45) is 0 Å². The smallest absolute Gasteiger partial charge is 0.157 e. The second-order valence-electron chi connectivity index (χ2n) is 5.84. The normalized spacial score (nSPS) is 12.4. The van der Waals surface area contributed by atoms with E-state index in [4.69, 9.17) is 4.98 Å². The third-order valence-corrected chi connectivity index (χ3v) is 4.17. The summed E-state index contributed by atoms with van der Waals surface area (Å²) in [6.45, 7) is 4.97. The van der Waals surface area contributed by atoms with Gasteiger partial charge < -0.3 is 9.88 Å². The number of anilines is 1. The van der Waals surface area contributed by atoms with Gasteiger partial charge in [0.05, 0.1) is 17.9 Å². The largest absolute Gasteiger partial charge is 0.360 e. The number of rotatable bonds is 5. The average molecular weight is 333 g/mol. The van der Waals surface area contributed by atoms with Crippen molar-refractivity contribution in [1.29, 1.82) is 0 Å². The summed E-state index contributed by atoms with van der Waals surface area (Å²) in [5.41, 5.74) is 2.77. The number of hydrogen-bond donors (Lipinski definition) is 1. The molecule has 0 saturated carbocycles. The molecule has 0 spiro atoms.